The summed E-state index contributed by atoms with van der Waals surface area (Å²) >= 11 is 0. The lowest BCUT2D eigenvalue weighted by atomic mass is 10.0. The van der Waals surface area contributed by atoms with Gasteiger partial charge in [0.15, 0.2) is 0 Å². The number of nitrogens with two attached hydrogens (primary N) is 1. The summed E-state index contributed by atoms with van der Waals surface area (Å²) in [6, 6.07) is 0.316. The van der Waals surface area contributed by atoms with E-state index in [0.717, 1.165) is 18.7 Å². The number of hydrogen-bond donors (Lipinski definition) is 2. The summed E-state index contributed by atoms with van der Waals surface area (Å²) in [6.45, 7) is 10.2. The first kappa shape index (κ1) is 12.6. The molecule has 3 N–H and O–H groups in total. The van der Waals surface area contributed by atoms with E-state index in [1.807, 2.05) is 6.92 Å². The quantitative estimate of drug-likeness (QED) is 0.577. The van der Waals surface area contributed by atoms with E-state index in [-0.39, 0.29) is 0 Å². The lowest BCUT2D eigenvalue weighted by molar-refractivity contribution is 0.141. The van der Waals surface area contributed by atoms with Crippen LogP contribution in [0.2, 0.25) is 0 Å². The SMILES string of the molecule is C=C(C)CNC(CN)C(C)COC. The van der Waals surface area contributed by atoms with Gasteiger partial charge in [0.05, 0.1) is 6.61 Å². The van der Waals surface area contributed by atoms with Crippen LogP contribution in [-0.2, 0) is 4.74 Å². The van der Waals surface area contributed by atoms with Crippen LogP contribution < -0.4 is 11.1 Å². The average molecular weight is 186 g/mol. The Bertz CT molecular complexity index is 148. The highest BCUT2D eigenvalue weighted by Crippen LogP contribution is 2.02. The molecule has 3 heteroatoms. The zero-order valence-electron chi connectivity index (χ0n) is 8.97. The minimum Gasteiger partial charge on any atom is -0.384 e. The molecule has 0 aromatic rings. The van der Waals surface area contributed by atoms with E-state index >= 15 is 0 Å². The molecule has 13 heavy (non-hydrogen) atoms. The standard InChI is InChI=1S/C10H22N2O/c1-8(2)6-12-10(5-11)9(3)7-13-4/h9-10,12H,1,5-7,11H2,2-4H3. The smallest absolute Gasteiger partial charge is 0.0503 e. The van der Waals surface area contributed by atoms with Gasteiger partial charge in [-0.3, -0.25) is 0 Å². The Morgan fingerprint density at radius 3 is 2.62 bits per heavy atom. The maximum absolute atomic E-state index is 5.64. The summed E-state index contributed by atoms with van der Waals surface area (Å²) in [5.74, 6) is 0.439. The van der Waals surface area contributed by atoms with E-state index in [4.69, 9.17) is 10.5 Å². The Labute approximate surface area is 81.3 Å². The van der Waals surface area contributed by atoms with Gasteiger partial charge in [0, 0.05) is 26.2 Å². The molecular formula is C10H22N2O. The summed E-state index contributed by atoms with van der Waals surface area (Å²) in [6.07, 6.45) is 0. The summed E-state index contributed by atoms with van der Waals surface area (Å²) in [4.78, 5) is 0. The van der Waals surface area contributed by atoms with E-state index in [2.05, 4.69) is 18.8 Å². The van der Waals surface area contributed by atoms with Crippen LogP contribution in [0.5, 0.6) is 0 Å². The Morgan fingerprint density at radius 1 is 1.62 bits per heavy atom. The lowest BCUT2D eigenvalue weighted by Crippen LogP contribution is -2.43. The minimum absolute atomic E-state index is 0.316. The molecular weight excluding hydrogens is 164 g/mol. The van der Waals surface area contributed by atoms with Gasteiger partial charge in [0.1, 0.15) is 0 Å². The van der Waals surface area contributed by atoms with Gasteiger partial charge < -0.3 is 15.8 Å². The van der Waals surface area contributed by atoms with Crippen LogP contribution in [0.15, 0.2) is 12.2 Å². The van der Waals surface area contributed by atoms with Gasteiger partial charge in [-0.05, 0) is 12.8 Å². The normalized spacial score (nSPS) is 15.4. The third-order valence-electron chi connectivity index (χ3n) is 2.04. The predicted molar refractivity (Wildman–Crippen MR) is 56.7 cm³/mol. The van der Waals surface area contributed by atoms with Gasteiger partial charge in [0.25, 0.3) is 0 Å². The van der Waals surface area contributed by atoms with E-state index in [1.165, 1.54) is 0 Å². The van der Waals surface area contributed by atoms with Gasteiger partial charge in [-0.25, -0.2) is 0 Å². The van der Waals surface area contributed by atoms with Crippen molar-refractivity contribution in [3.63, 3.8) is 0 Å². The molecule has 78 valence electrons. The molecule has 0 aromatic carbocycles. The molecule has 0 heterocycles. The fraction of sp³-hybridized carbons (Fsp3) is 0.800. The fourth-order valence-corrected chi connectivity index (χ4v) is 1.20. The maximum atomic E-state index is 5.64. The van der Waals surface area contributed by atoms with Crippen molar-refractivity contribution in [2.24, 2.45) is 11.7 Å². The van der Waals surface area contributed by atoms with Gasteiger partial charge in [-0.15, -0.1) is 0 Å². The number of rotatable bonds is 7. The first-order valence-corrected chi connectivity index (χ1v) is 4.68. The topological polar surface area (TPSA) is 47.3 Å². The summed E-state index contributed by atoms with van der Waals surface area (Å²) < 4.78 is 5.08. The second-order valence-electron chi connectivity index (χ2n) is 3.61. The van der Waals surface area contributed by atoms with E-state index in [9.17, 15) is 0 Å². The van der Waals surface area contributed by atoms with Crippen LogP contribution in [0.1, 0.15) is 13.8 Å². The molecule has 0 aliphatic heterocycles. The molecule has 0 aliphatic carbocycles. The van der Waals surface area contributed by atoms with Gasteiger partial charge in [-0.2, -0.15) is 0 Å². The van der Waals surface area contributed by atoms with Crippen molar-refractivity contribution in [3.05, 3.63) is 12.2 Å². The predicted octanol–water partition coefficient (Wildman–Crippen LogP) is 0.762. The van der Waals surface area contributed by atoms with Crippen LogP contribution in [0.25, 0.3) is 0 Å². The summed E-state index contributed by atoms with van der Waals surface area (Å²) in [7, 11) is 1.71. The molecule has 0 rings (SSSR count). The zero-order valence-corrected chi connectivity index (χ0v) is 8.97. The van der Waals surface area contributed by atoms with Crippen molar-refractivity contribution in [1.29, 1.82) is 0 Å². The van der Waals surface area contributed by atoms with E-state index in [0.29, 0.717) is 18.5 Å². The molecule has 0 fully saturated rings. The molecule has 3 nitrogen and oxygen atoms in total. The third kappa shape index (κ3) is 5.80. The number of ether oxygens (including phenoxy) is 1. The van der Waals surface area contributed by atoms with E-state index < -0.39 is 0 Å². The molecule has 0 aromatic heterocycles. The molecule has 0 bridgehead atoms. The fourth-order valence-electron chi connectivity index (χ4n) is 1.20. The van der Waals surface area contributed by atoms with Crippen LogP contribution in [0, 0.1) is 5.92 Å². The first-order valence-electron chi connectivity index (χ1n) is 4.68. The molecule has 2 unspecified atom stereocenters. The number of methoxy groups -OCH3 is 1. The molecule has 0 saturated heterocycles. The molecule has 0 aliphatic rings. The molecule has 0 saturated carbocycles. The second-order valence-corrected chi connectivity index (χ2v) is 3.61. The van der Waals surface area contributed by atoms with Crippen molar-refractivity contribution in [1.82, 2.24) is 5.32 Å². The van der Waals surface area contributed by atoms with Crippen LogP contribution in [0.3, 0.4) is 0 Å². The lowest BCUT2D eigenvalue weighted by Gasteiger charge is -2.23. The number of nitrogens with one attached hydrogen (secondary N) is 1. The maximum Gasteiger partial charge on any atom is 0.0503 e. The average Bonchev–Trinajstić information content (AvgIpc) is 2.05. The highest BCUT2D eigenvalue weighted by atomic mass is 16.5. The highest BCUT2D eigenvalue weighted by molar-refractivity contribution is 4.92. The van der Waals surface area contributed by atoms with Crippen molar-refractivity contribution in [2.75, 3.05) is 26.8 Å². The molecule has 0 amide bonds. The van der Waals surface area contributed by atoms with Crippen LogP contribution in [-0.4, -0.2) is 32.8 Å². The Balaban J connectivity index is 3.79. The van der Waals surface area contributed by atoms with Crippen molar-refractivity contribution in [3.8, 4) is 0 Å². The van der Waals surface area contributed by atoms with E-state index in [1.54, 1.807) is 7.11 Å². The largest absolute Gasteiger partial charge is 0.384 e. The Morgan fingerprint density at radius 2 is 2.23 bits per heavy atom. The molecule has 2 atom stereocenters. The van der Waals surface area contributed by atoms with Crippen LogP contribution in [0.4, 0.5) is 0 Å². The highest BCUT2D eigenvalue weighted by Gasteiger charge is 2.14. The Kier molecular flexibility index (Phi) is 6.86. The third-order valence-corrected chi connectivity index (χ3v) is 2.04. The summed E-state index contributed by atoms with van der Waals surface area (Å²) in [5, 5.41) is 3.35. The number of hydrogen-bond acceptors (Lipinski definition) is 3. The minimum atomic E-state index is 0.316. The Hall–Kier alpha value is -0.380. The van der Waals surface area contributed by atoms with Crippen molar-refractivity contribution >= 4 is 0 Å². The monoisotopic (exact) mass is 186 g/mol. The van der Waals surface area contributed by atoms with Gasteiger partial charge >= 0.3 is 0 Å². The second kappa shape index (κ2) is 7.06. The molecule has 0 radical (unpaired) electrons. The van der Waals surface area contributed by atoms with Crippen molar-refractivity contribution < 1.29 is 4.74 Å². The summed E-state index contributed by atoms with van der Waals surface area (Å²) in [5.41, 5.74) is 6.77. The first-order chi connectivity index (χ1) is 6.11. The molecule has 0 spiro atoms. The van der Waals surface area contributed by atoms with Gasteiger partial charge in [0.2, 0.25) is 0 Å². The van der Waals surface area contributed by atoms with Crippen molar-refractivity contribution in [2.45, 2.75) is 19.9 Å². The van der Waals surface area contributed by atoms with Crippen LogP contribution >= 0.6 is 0 Å². The zero-order chi connectivity index (χ0) is 10.3. The van der Waals surface area contributed by atoms with Gasteiger partial charge in [-0.1, -0.05) is 19.1 Å².